The van der Waals surface area contributed by atoms with E-state index in [0.717, 1.165) is 37.8 Å². The van der Waals surface area contributed by atoms with Crippen LogP contribution in [0.15, 0.2) is 0 Å². The molecule has 1 saturated heterocycles. The second-order valence-electron chi connectivity index (χ2n) is 3.97. The van der Waals surface area contributed by atoms with E-state index in [9.17, 15) is 0 Å². The fraction of sp³-hybridized carbons (Fsp3) is 0.909. The molecular weight excluding hydrogens is 208 g/mol. The van der Waals surface area contributed by atoms with Crippen LogP contribution in [0.2, 0.25) is 0 Å². The van der Waals surface area contributed by atoms with E-state index in [1.54, 1.807) is 0 Å². The molecule has 0 aliphatic carbocycles. The number of ether oxygens (including phenoxy) is 1. The average molecular weight is 230 g/mol. The molecule has 88 valence electrons. The quantitative estimate of drug-likeness (QED) is 0.575. The Kier molecular flexibility index (Phi) is 5.95. The van der Waals surface area contributed by atoms with Gasteiger partial charge in [-0.15, -0.1) is 0 Å². The summed E-state index contributed by atoms with van der Waals surface area (Å²) in [6, 6.07) is 0.608. The molecule has 0 aromatic rings. The van der Waals surface area contributed by atoms with Crippen molar-refractivity contribution >= 4 is 17.3 Å². The van der Waals surface area contributed by atoms with Crippen molar-refractivity contribution in [3.05, 3.63) is 0 Å². The van der Waals surface area contributed by atoms with Crippen molar-refractivity contribution in [3.8, 4) is 0 Å². The maximum Gasteiger partial charge on any atom is 0.169 e. The summed E-state index contributed by atoms with van der Waals surface area (Å²) in [4.78, 5) is 2.29. The summed E-state index contributed by atoms with van der Waals surface area (Å²) in [5, 5.41) is 4.20. The van der Waals surface area contributed by atoms with E-state index < -0.39 is 0 Å². The highest BCUT2D eigenvalue weighted by Gasteiger charge is 2.21. The van der Waals surface area contributed by atoms with Gasteiger partial charge in [-0.2, -0.15) is 0 Å². The molecule has 1 heterocycles. The van der Waals surface area contributed by atoms with Crippen LogP contribution in [0.1, 0.15) is 33.1 Å². The Morgan fingerprint density at radius 2 is 2.40 bits per heavy atom. The van der Waals surface area contributed by atoms with Gasteiger partial charge in [-0.25, -0.2) is 0 Å². The van der Waals surface area contributed by atoms with Crippen LogP contribution in [0.3, 0.4) is 0 Å². The minimum atomic E-state index is 0.608. The lowest BCUT2D eigenvalue weighted by atomic mass is 10.2. The van der Waals surface area contributed by atoms with E-state index in [1.807, 2.05) is 6.92 Å². The third kappa shape index (κ3) is 4.34. The number of hydrogen-bond donors (Lipinski definition) is 1. The van der Waals surface area contributed by atoms with Crippen molar-refractivity contribution in [1.29, 1.82) is 0 Å². The van der Waals surface area contributed by atoms with Gasteiger partial charge in [0.05, 0.1) is 0 Å². The zero-order valence-corrected chi connectivity index (χ0v) is 10.6. The van der Waals surface area contributed by atoms with Gasteiger partial charge in [-0.1, -0.05) is 0 Å². The summed E-state index contributed by atoms with van der Waals surface area (Å²) < 4.78 is 5.27. The Hall–Kier alpha value is -0.350. The van der Waals surface area contributed by atoms with Crippen LogP contribution in [-0.2, 0) is 4.74 Å². The summed E-state index contributed by atoms with van der Waals surface area (Å²) in [6.07, 6.45) is 3.55. The third-order valence-corrected chi connectivity index (χ3v) is 3.14. The Bertz CT molecular complexity index is 199. The second kappa shape index (κ2) is 7.01. The second-order valence-corrected chi connectivity index (χ2v) is 4.35. The Morgan fingerprint density at radius 3 is 3.00 bits per heavy atom. The molecule has 0 amide bonds. The van der Waals surface area contributed by atoms with E-state index in [-0.39, 0.29) is 0 Å². The first kappa shape index (κ1) is 12.7. The van der Waals surface area contributed by atoms with Crippen molar-refractivity contribution in [2.75, 3.05) is 26.3 Å². The largest absolute Gasteiger partial charge is 0.382 e. The first-order valence-corrected chi connectivity index (χ1v) is 6.28. The Morgan fingerprint density at radius 1 is 1.60 bits per heavy atom. The molecule has 4 heteroatoms. The number of hydrogen-bond acceptors (Lipinski definition) is 2. The molecule has 1 N–H and O–H groups in total. The van der Waals surface area contributed by atoms with Gasteiger partial charge >= 0.3 is 0 Å². The molecule has 15 heavy (non-hydrogen) atoms. The number of likely N-dealkylation sites (tertiary alicyclic amines) is 1. The molecule has 1 aliphatic heterocycles. The lowest BCUT2D eigenvalue weighted by Crippen LogP contribution is -2.41. The minimum absolute atomic E-state index is 0.608. The number of nitrogens with zero attached hydrogens (tertiary/aromatic N) is 1. The molecular formula is C11H22N2OS. The molecule has 0 aromatic carbocycles. The van der Waals surface area contributed by atoms with Gasteiger partial charge in [0, 0.05) is 32.3 Å². The molecule has 1 atom stereocenters. The average Bonchev–Trinajstić information content (AvgIpc) is 2.64. The van der Waals surface area contributed by atoms with Gasteiger partial charge in [0.2, 0.25) is 0 Å². The topological polar surface area (TPSA) is 24.5 Å². The van der Waals surface area contributed by atoms with E-state index >= 15 is 0 Å². The molecule has 1 aliphatic rings. The van der Waals surface area contributed by atoms with Gasteiger partial charge in [-0.05, 0) is 45.3 Å². The smallest absolute Gasteiger partial charge is 0.169 e. The van der Waals surface area contributed by atoms with Gasteiger partial charge in [0.15, 0.2) is 5.11 Å². The number of nitrogens with one attached hydrogen (secondary N) is 1. The van der Waals surface area contributed by atoms with Crippen molar-refractivity contribution < 1.29 is 4.74 Å². The molecule has 1 unspecified atom stereocenters. The zero-order chi connectivity index (χ0) is 11.1. The molecule has 0 aromatic heterocycles. The van der Waals surface area contributed by atoms with Crippen LogP contribution in [0, 0.1) is 0 Å². The lowest BCUT2D eigenvalue weighted by Gasteiger charge is -2.24. The summed E-state index contributed by atoms with van der Waals surface area (Å²) in [7, 11) is 0. The van der Waals surface area contributed by atoms with E-state index in [1.165, 1.54) is 12.8 Å². The maximum absolute atomic E-state index is 5.34. The molecule has 1 rings (SSSR count). The van der Waals surface area contributed by atoms with Crippen LogP contribution in [0.5, 0.6) is 0 Å². The van der Waals surface area contributed by atoms with E-state index in [0.29, 0.717) is 6.04 Å². The fourth-order valence-corrected chi connectivity index (χ4v) is 2.22. The molecule has 0 bridgehead atoms. The monoisotopic (exact) mass is 230 g/mol. The molecule has 1 fully saturated rings. The fourth-order valence-electron chi connectivity index (χ4n) is 1.85. The standard InChI is InChI=1S/C11H22N2OS/c1-3-14-9-5-7-12-11(15)13-8-4-6-10(13)2/h10H,3-9H2,1-2H3,(H,12,15). The van der Waals surface area contributed by atoms with Crippen molar-refractivity contribution in [3.63, 3.8) is 0 Å². The van der Waals surface area contributed by atoms with Gasteiger partial charge in [0.1, 0.15) is 0 Å². The predicted molar refractivity (Wildman–Crippen MR) is 67.1 cm³/mol. The third-order valence-electron chi connectivity index (χ3n) is 2.76. The molecule has 0 radical (unpaired) electrons. The highest BCUT2D eigenvalue weighted by molar-refractivity contribution is 7.80. The van der Waals surface area contributed by atoms with Crippen molar-refractivity contribution in [1.82, 2.24) is 10.2 Å². The van der Waals surface area contributed by atoms with Gasteiger partial charge in [0.25, 0.3) is 0 Å². The Labute approximate surface area is 98.2 Å². The summed E-state index contributed by atoms with van der Waals surface area (Å²) in [6.45, 7) is 7.90. The molecule has 0 spiro atoms. The van der Waals surface area contributed by atoms with Crippen molar-refractivity contribution in [2.45, 2.75) is 39.2 Å². The number of rotatable bonds is 5. The van der Waals surface area contributed by atoms with Crippen LogP contribution < -0.4 is 5.32 Å². The van der Waals surface area contributed by atoms with Crippen LogP contribution in [0.25, 0.3) is 0 Å². The maximum atomic E-state index is 5.34. The minimum Gasteiger partial charge on any atom is -0.382 e. The SMILES string of the molecule is CCOCCCNC(=S)N1CCCC1C. The first-order chi connectivity index (χ1) is 7.25. The summed E-state index contributed by atoms with van der Waals surface area (Å²) in [5.74, 6) is 0. The number of thiocarbonyl (C=S) groups is 1. The lowest BCUT2D eigenvalue weighted by molar-refractivity contribution is 0.145. The van der Waals surface area contributed by atoms with Crippen LogP contribution in [0.4, 0.5) is 0 Å². The van der Waals surface area contributed by atoms with Crippen LogP contribution >= 0.6 is 12.2 Å². The normalized spacial score (nSPS) is 20.7. The zero-order valence-electron chi connectivity index (χ0n) is 9.79. The Balaban J connectivity index is 2.08. The molecule has 3 nitrogen and oxygen atoms in total. The van der Waals surface area contributed by atoms with Gasteiger partial charge in [-0.3, -0.25) is 0 Å². The van der Waals surface area contributed by atoms with Crippen LogP contribution in [-0.4, -0.2) is 42.4 Å². The summed E-state index contributed by atoms with van der Waals surface area (Å²) >= 11 is 5.34. The van der Waals surface area contributed by atoms with Crippen molar-refractivity contribution in [2.24, 2.45) is 0 Å². The molecule has 0 saturated carbocycles. The van der Waals surface area contributed by atoms with E-state index in [4.69, 9.17) is 17.0 Å². The highest BCUT2D eigenvalue weighted by Crippen LogP contribution is 2.15. The summed E-state index contributed by atoms with van der Waals surface area (Å²) in [5.41, 5.74) is 0. The highest BCUT2D eigenvalue weighted by atomic mass is 32.1. The first-order valence-electron chi connectivity index (χ1n) is 5.88. The van der Waals surface area contributed by atoms with Gasteiger partial charge < -0.3 is 15.0 Å². The predicted octanol–water partition coefficient (Wildman–Crippen LogP) is 1.77. The van der Waals surface area contributed by atoms with E-state index in [2.05, 4.69) is 17.1 Å².